The predicted octanol–water partition coefficient (Wildman–Crippen LogP) is 5.16. The summed E-state index contributed by atoms with van der Waals surface area (Å²) in [6.07, 6.45) is 6.56. The van der Waals surface area contributed by atoms with Gasteiger partial charge in [-0.15, -0.1) is 11.8 Å². The molecule has 0 bridgehead atoms. The molecule has 1 aliphatic carbocycles. The summed E-state index contributed by atoms with van der Waals surface area (Å²) in [5, 5.41) is 1.12. The summed E-state index contributed by atoms with van der Waals surface area (Å²) < 4.78 is 0. The van der Waals surface area contributed by atoms with Gasteiger partial charge in [-0.25, -0.2) is 0 Å². The second-order valence-corrected chi connectivity index (χ2v) is 11.5. The van der Waals surface area contributed by atoms with Gasteiger partial charge in [0.25, 0.3) is 11.8 Å². The van der Waals surface area contributed by atoms with E-state index in [1.165, 1.54) is 12.8 Å². The van der Waals surface area contributed by atoms with Crippen molar-refractivity contribution in [3.05, 3.63) is 75.1 Å². The van der Waals surface area contributed by atoms with E-state index < -0.39 is 0 Å². The number of piperazine rings is 1. The first-order valence-corrected chi connectivity index (χ1v) is 13.8. The van der Waals surface area contributed by atoms with Gasteiger partial charge in [-0.05, 0) is 61.4 Å². The molecule has 2 amide bonds. The first kappa shape index (κ1) is 24.4. The first-order chi connectivity index (χ1) is 17.0. The molecule has 2 aliphatic heterocycles. The number of carbonyl (C=O) groups excluding carboxylic acids is 2. The highest BCUT2D eigenvalue weighted by Gasteiger charge is 2.40. The van der Waals surface area contributed by atoms with Gasteiger partial charge in [0.2, 0.25) is 0 Å². The normalized spacial score (nSPS) is 24.5. The van der Waals surface area contributed by atoms with E-state index in [0.717, 1.165) is 55.1 Å². The molecule has 7 heteroatoms. The summed E-state index contributed by atoms with van der Waals surface area (Å²) in [6, 6.07) is 15.8. The zero-order valence-electron chi connectivity index (χ0n) is 20.2. The van der Waals surface area contributed by atoms with Gasteiger partial charge in [-0.1, -0.05) is 48.7 Å². The van der Waals surface area contributed by atoms with Crippen LogP contribution in [0.25, 0.3) is 6.08 Å². The Balaban J connectivity index is 1.34. The van der Waals surface area contributed by atoms with E-state index >= 15 is 0 Å². The maximum absolute atomic E-state index is 13.6. The number of halogens is 1. The Hall–Kier alpha value is -2.28. The van der Waals surface area contributed by atoms with Gasteiger partial charge in [-0.2, -0.15) is 0 Å². The van der Waals surface area contributed by atoms with Crippen LogP contribution in [-0.4, -0.2) is 71.0 Å². The monoisotopic (exact) mass is 509 g/mol. The maximum atomic E-state index is 13.6. The van der Waals surface area contributed by atoms with Gasteiger partial charge in [0.15, 0.2) is 0 Å². The predicted molar refractivity (Wildman–Crippen MR) is 143 cm³/mol. The van der Waals surface area contributed by atoms with E-state index in [-0.39, 0.29) is 17.9 Å². The molecule has 35 heavy (non-hydrogen) atoms. The van der Waals surface area contributed by atoms with Crippen LogP contribution in [0.2, 0.25) is 5.02 Å². The number of hydrogen-bond donors (Lipinski definition) is 0. The van der Waals surface area contributed by atoms with Crippen molar-refractivity contribution < 1.29 is 9.59 Å². The van der Waals surface area contributed by atoms with Crippen LogP contribution in [0.4, 0.5) is 0 Å². The zero-order valence-corrected chi connectivity index (χ0v) is 21.7. The summed E-state index contributed by atoms with van der Waals surface area (Å²) in [4.78, 5) is 33.5. The lowest BCUT2D eigenvalue weighted by Gasteiger charge is -2.44. The molecule has 5 rings (SSSR count). The molecule has 2 saturated heterocycles. The highest BCUT2D eigenvalue weighted by atomic mass is 35.5. The number of amides is 2. The minimum atomic E-state index is 0.0816. The SMILES string of the molecule is CN1CCN(C(=O)c2ccc(/C=C3/SC4CCCCC4N(Cc4cccc(Cl)c4)C3=O)cc2)CC1. The first-order valence-electron chi connectivity index (χ1n) is 12.5. The highest BCUT2D eigenvalue weighted by molar-refractivity contribution is 8.04. The van der Waals surface area contributed by atoms with Crippen LogP contribution < -0.4 is 0 Å². The number of carbonyl (C=O) groups is 2. The molecule has 2 aromatic carbocycles. The lowest BCUT2D eigenvalue weighted by molar-refractivity contribution is -0.130. The standard InChI is InChI=1S/C28H32ClN3O2S/c1-30-13-15-31(16-14-30)27(33)22-11-9-20(10-12-22)18-26-28(34)32(19-21-5-4-6-23(29)17-21)24-7-2-3-8-25(24)35-26/h4-6,9-12,17-18,24-25H,2-3,7-8,13-16,19H2,1H3/b26-18+. The van der Waals surface area contributed by atoms with E-state index in [0.29, 0.717) is 22.4 Å². The number of likely N-dealkylation sites (N-methyl/N-ethyl adjacent to an activating group) is 1. The van der Waals surface area contributed by atoms with Gasteiger partial charge in [0, 0.05) is 54.6 Å². The summed E-state index contributed by atoms with van der Waals surface area (Å²) >= 11 is 7.95. The molecule has 2 unspecified atom stereocenters. The maximum Gasteiger partial charge on any atom is 0.260 e. The number of fused-ring (bicyclic) bond motifs is 1. The third-order valence-electron chi connectivity index (χ3n) is 7.31. The quantitative estimate of drug-likeness (QED) is 0.534. The van der Waals surface area contributed by atoms with Crippen molar-refractivity contribution in [3.8, 4) is 0 Å². The van der Waals surface area contributed by atoms with E-state index in [4.69, 9.17) is 11.6 Å². The molecular weight excluding hydrogens is 478 g/mol. The lowest BCUT2D eigenvalue weighted by Crippen LogP contribution is -2.50. The number of nitrogens with zero attached hydrogens (tertiary/aromatic N) is 3. The average molecular weight is 510 g/mol. The van der Waals surface area contributed by atoms with Crippen LogP contribution in [0.15, 0.2) is 53.4 Å². The number of hydrogen-bond acceptors (Lipinski definition) is 4. The molecule has 2 atom stereocenters. The van der Waals surface area contributed by atoms with Gasteiger partial charge < -0.3 is 14.7 Å². The summed E-state index contributed by atoms with van der Waals surface area (Å²) in [5.74, 6) is 0.175. The van der Waals surface area contributed by atoms with Crippen molar-refractivity contribution in [1.82, 2.24) is 14.7 Å². The van der Waals surface area contributed by atoms with Crippen molar-refractivity contribution in [1.29, 1.82) is 0 Å². The smallest absolute Gasteiger partial charge is 0.260 e. The Bertz CT molecular complexity index is 1110. The third kappa shape index (κ3) is 5.60. The molecular formula is C28H32ClN3O2S. The summed E-state index contributed by atoms with van der Waals surface area (Å²) in [6.45, 7) is 3.91. The van der Waals surface area contributed by atoms with Crippen LogP contribution in [0.5, 0.6) is 0 Å². The van der Waals surface area contributed by atoms with Gasteiger partial charge >= 0.3 is 0 Å². The fourth-order valence-corrected chi connectivity index (χ4v) is 6.95. The Morgan fingerprint density at radius 1 is 1.06 bits per heavy atom. The minimum absolute atomic E-state index is 0.0816. The Labute approximate surface area is 217 Å². The number of benzene rings is 2. The second-order valence-electron chi connectivity index (χ2n) is 9.80. The molecule has 0 spiro atoms. The van der Waals surface area contributed by atoms with Crippen LogP contribution in [0.3, 0.4) is 0 Å². The summed E-state index contributed by atoms with van der Waals surface area (Å²) in [7, 11) is 2.08. The lowest BCUT2D eigenvalue weighted by atomic mass is 9.92. The highest BCUT2D eigenvalue weighted by Crippen LogP contribution is 2.42. The molecule has 2 aromatic rings. The zero-order chi connectivity index (χ0) is 24.4. The number of rotatable bonds is 4. The third-order valence-corrected chi connectivity index (χ3v) is 8.94. The molecule has 3 aliphatic rings. The van der Waals surface area contributed by atoms with Crippen LogP contribution in [0, 0.1) is 0 Å². The Morgan fingerprint density at radius 3 is 2.54 bits per heavy atom. The molecule has 1 saturated carbocycles. The van der Waals surface area contributed by atoms with Crippen LogP contribution >= 0.6 is 23.4 Å². The van der Waals surface area contributed by atoms with E-state index in [2.05, 4.69) is 16.8 Å². The molecule has 184 valence electrons. The molecule has 2 heterocycles. The van der Waals surface area contributed by atoms with Gasteiger partial charge in [-0.3, -0.25) is 9.59 Å². The molecule has 3 fully saturated rings. The van der Waals surface area contributed by atoms with Crippen molar-refractivity contribution in [2.75, 3.05) is 33.2 Å². The summed E-state index contributed by atoms with van der Waals surface area (Å²) in [5.41, 5.74) is 2.72. The van der Waals surface area contributed by atoms with E-state index in [1.54, 1.807) is 11.8 Å². The molecule has 5 nitrogen and oxygen atoms in total. The molecule has 0 aromatic heterocycles. The van der Waals surface area contributed by atoms with Crippen molar-refractivity contribution in [2.45, 2.75) is 43.5 Å². The van der Waals surface area contributed by atoms with E-state index in [9.17, 15) is 9.59 Å². The second kappa shape index (κ2) is 10.8. The van der Waals surface area contributed by atoms with Crippen LogP contribution in [0.1, 0.15) is 47.2 Å². The number of thioether (sulfide) groups is 1. The van der Waals surface area contributed by atoms with Crippen molar-refractivity contribution in [2.24, 2.45) is 0 Å². The Morgan fingerprint density at radius 2 is 1.80 bits per heavy atom. The largest absolute Gasteiger partial charge is 0.336 e. The topological polar surface area (TPSA) is 43.9 Å². The average Bonchev–Trinajstić information content (AvgIpc) is 2.87. The minimum Gasteiger partial charge on any atom is -0.336 e. The van der Waals surface area contributed by atoms with Crippen LogP contribution in [-0.2, 0) is 11.3 Å². The van der Waals surface area contributed by atoms with E-state index in [1.807, 2.05) is 59.5 Å². The van der Waals surface area contributed by atoms with Crippen molar-refractivity contribution in [3.63, 3.8) is 0 Å². The molecule has 0 radical (unpaired) electrons. The fourth-order valence-electron chi connectivity index (χ4n) is 5.26. The fraction of sp³-hybridized carbons (Fsp3) is 0.429. The molecule has 0 N–H and O–H groups in total. The Kier molecular flexibility index (Phi) is 7.51. The van der Waals surface area contributed by atoms with Gasteiger partial charge in [0.1, 0.15) is 0 Å². The van der Waals surface area contributed by atoms with Crippen molar-refractivity contribution >= 4 is 41.3 Å². The van der Waals surface area contributed by atoms with Gasteiger partial charge in [0.05, 0.1) is 4.91 Å².